The molecule has 0 saturated heterocycles. The number of benzene rings is 2. The predicted molar refractivity (Wildman–Crippen MR) is 89.2 cm³/mol. The van der Waals surface area contributed by atoms with Crippen molar-refractivity contribution in [3.05, 3.63) is 75.9 Å². The first-order valence-electron chi connectivity index (χ1n) is 7.41. The minimum Gasteiger partial charge on any atom is -0.355 e. The van der Waals surface area contributed by atoms with E-state index in [1.807, 2.05) is 0 Å². The molecule has 0 spiro atoms. The quantitative estimate of drug-likeness (QED) is 0.742. The van der Waals surface area contributed by atoms with Crippen LogP contribution in [-0.2, 0) is 6.54 Å². The van der Waals surface area contributed by atoms with Gasteiger partial charge in [0.1, 0.15) is 5.56 Å². The molecule has 0 aliphatic rings. The maximum absolute atomic E-state index is 13.7. The Morgan fingerprint density at radius 2 is 1.96 bits per heavy atom. The second-order valence-electron chi connectivity index (χ2n) is 5.35. The topological polar surface area (TPSA) is 55.1 Å². The van der Waals surface area contributed by atoms with Gasteiger partial charge in [-0.15, -0.1) is 0 Å². The van der Waals surface area contributed by atoms with E-state index in [2.05, 4.69) is 10.5 Å². The molecule has 3 aromatic rings. The van der Waals surface area contributed by atoms with Crippen molar-refractivity contribution in [2.45, 2.75) is 13.5 Å². The Labute approximate surface area is 147 Å². The van der Waals surface area contributed by atoms with Gasteiger partial charge in [-0.1, -0.05) is 41.0 Å². The molecule has 1 aromatic heterocycles. The summed E-state index contributed by atoms with van der Waals surface area (Å²) in [5, 5.41) is 6.77. The summed E-state index contributed by atoms with van der Waals surface area (Å²) >= 11 is 6.15. The van der Waals surface area contributed by atoms with Crippen molar-refractivity contribution >= 4 is 17.5 Å². The van der Waals surface area contributed by atoms with Gasteiger partial charge in [0.2, 0.25) is 0 Å². The summed E-state index contributed by atoms with van der Waals surface area (Å²) in [6.45, 7) is 1.44. The van der Waals surface area contributed by atoms with Crippen LogP contribution in [0.2, 0.25) is 5.02 Å². The van der Waals surface area contributed by atoms with Gasteiger partial charge in [-0.2, -0.15) is 0 Å². The molecule has 0 fully saturated rings. The molecule has 1 N–H and O–H groups in total. The summed E-state index contributed by atoms with van der Waals surface area (Å²) in [5.41, 5.74) is 1.13. The van der Waals surface area contributed by atoms with Gasteiger partial charge in [-0.3, -0.25) is 4.79 Å². The van der Waals surface area contributed by atoms with Gasteiger partial charge in [0.15, 0.2) is 17.4 Å². The predicted octanol–water partition coefficient (Wildman–Crippen LogP) is 4.51. The number of carbonyl (C=O) groups excluding carboxylic acids is 1. The highest BCUT2D eigenvalue weighted by molar-refractivity contribution is 6.33. The first-order chi connectivity index (χ1) is 12.0. The SMILES string of the molecule is Cc1noc(-c2ccccc2Cl)c1C(=O)NCc1cccc(F)c1F. The molecule has 4 nitrogen and oxygen atoms in total. The minimum atomic E-state index is -0.990. The zero-order chi connectivity index (χ0) is 18.0. The van der Waals surface area contributed by atoms with E-state index in [4.69, 9.17) is 16.1 Å². The van der Waals surface area contributed by atoms with Gasteiger partial charge in [0, 0.05) is 17.7 Å². The largest absolute Gasteiger partial charge is 0.355 e. The molecule has 0 saturated carbocycles. The molecule has 0 aliphatic carbocycles. The molecule has 25 heavy (non-hydrogen) atoms. The highest BCUT2D eigenvalue weighted by Crippen LogP contribution is 2.31. The lowest BCUT2D eigenvalue weighted by Gasteiger charge is -2.08. The monoisotopic (exact) mass is 362 g/mol. The molecule has 0 unspecified atom stereocenters. The molecule has 3 rings (SSSR count). The van der Waals surface area contributed by atoms with Crippen LogP contribution in [0.5, 0.6) is 0 Å². The summed E-state index contributed by atoms with van der Waals surface area (Å²) in [7, 11) is 0. The summed E-state index contributed by atoms with van der Waals surface area (Å²) in [6.07, 6.45) is 0. The second kappa shape index (κ2) is 7.03. The second-order valence-corrected chi connectivity index (χ2v) is 5.75. The Bertz CT molecular complexity index is 941. The molecule has 0 atom stereocenters. The van der Waals surface area contributed by atoms with Crippen LogP contribution in [0.1, 0.15) is 21.6 Å². The summed E-state index contributed by atoms with van der Waals surface area (Å²) < 4.78 is 32.2. The first kappa shape index (κ1) is 17.1. The van der Waals surface area contributed by atoms with Crippen LogP contribution in [0.15, 0.2) is 47.0 Å². The number of nitrogens with one attached hydrogen (secondary N) is 1. The van der Waals surface area contributed by atoms with Crippen LogP contribution < -0.4 is 5.32 Å². The van der Waals surface area contributed by atoms with Gasteiger partial charge in [-0.05, 0) is 25.1 Å². The lowest BCUT2D eigenvalue weighted by Crippen LogP contribution is -2.24. The summed E-state index contributed by atoms with van der Waals surface area (Å²) in [6, 6.07) is 10.7. The van der Waals surface area contributed by atoms with Crippen molar-refractivity contribution in [3.8, 4) is 11.3 Å². The van der Waals surface area contributed by atoms with Crippen molar-refractivity contribution in [1.29, 1.82) is 0 Å². The lowest BCUT2D eigenvalue weighted by atomic mass is 10.1. The third-order valence-electron chi connectivity index (χ3n) is 3.68. The number of rotatable bonds is 4. The Balaban J connectivity index is 1.87. The van der Waals surface area contributed by atoms with Crippen LogP contribution in [0.3, 0.4) is 0 Å². The van der Waals surface area contributed by atoms with Crippen LogP contribution in [0, 0.1) is 18.6 Å². The number of hydrogen-bond acceptors (Lipinski definition) is 3. The molecule has 0 bridgehead atoms. The normalized spacial score (nSPS) is 10.7. The van der Waals surface area contributed by atoms with Crippen molar-refractivity contribution in [1.82, 2.24) is 10.5 Å². The van der Waals surface area contributed by atoms with Crippen LogP contribution in [0.4, 0.5) is 8.78 Å². The first-order valence-corrected chi connectivity index (χ1v) is 7.79. The average molecular weight is 363 g/mol. The molecule has 7 heteroatoms. The fraction of sp³-hybridized carbons (Fsp3) is 0.111. The van der Waals surface area contributed by atoms with E-state index in [1.165, 1.54) is 12.1 Å². The van der Waals surface area contributed by atoms with E-state index in [0.29, 0.717) is 16.3 Å². The average Bonchev–Trinajstić information content (AvgIpc) is 2.98. The highest BCUT2D eigenvalue weighted by Gasteiger charge is 2.23. The zero-order valence-corrected chi connectivity index (χ0v) is 13.9. The molecule has 0 radical (unpaired) electrons. The van der Waals surface area contributed by atoms with Gasteiger partial charge in [0.25, 0.3) is 5.91 Å². The number of aromatic nitrogens is 1. The van der Waals surface area contributed by atoms with E-state index in [1.54, 1.807) is 31.2 Å². The smallest absolute Gasteiger partial charge is 0.257 e. The maximum atomic E-state index is 13.7. The van der Waals surface area contributed by atoms with E-state index in [9.17, 15) is 13.6 Å². The number of halogens is 3. The molecule has 1 amide bonds. The maximum Gasteiger partial charge on any atom is 0.257 e. The van der Waals surface area contributed by atoms with Crippen molar-refractivity contribution in [2.75, 3.05) is 0 Å². The van der Waals surface area contributed by atoms with Gasteiger partial charge >= 0.3 is 0 Å². The van der Waals surface area contributed by atoms with E-state index in [0.717, 1.165) is 6.07 Å². The molecule has 1 heterocycles. The highest BCUT2D eigenvalue weighted by atomic mass is 35.5. The molecular weight excluding hydrogens is 350 g/mol. The standard InChI is InChI=1S/C18H13ClF2N2O2/c1-10-15(17(25-23-10)12-6-2-3-7-13(12)19)18(24)22-9-11-5-4-8-14(20)16(11)21/h2-8H,9H2,1H3,(H,22,24). The number of aryl methyl sites for hydroxylation is 1. The van der Waals surface area contributed by atoms with Crippen LogP contribution >= 0.6 is 11.6 Å². The Morgan fingerprint density at radius 3 is 2.72 bits per heavy atom. The van der Waals surface area contributed by atoms with Gasteiger partial charge in [0.05, 0.1) is 10.7 Å². The molecule has 2 aromatic carbocycles. The van der Waals surface area contributed by atoms with E-state index >= 15 is 0 Å². The molecule has 128 valence electrons. The Kier molecular flexibility index (Phi) is 4.81. The number of nitrogens with zero attached hydrogens (tertiary/aromatic N) is 1. The van der Waals surface area contributed by atoms with Crippen LogP contribution in [-0.4, -0.2) is 11.1 Å². The third kappa shape index (κ3) is 3.39. The van der Waals surface area contributed by atoms with Crippen LogP contribution in [0.25, 0.3) is 11.3 Å². The summed E-state index contributed by atoms with van der Waals surface area (Å²) in [5.74, 6) is -2.25. The number of hydrogen-bond donors (Lipinski definition) is 1. The van der Waals surface area contributed by atoms with Crippen molar-refractivity contribution in [2.24, 2.45) is 0 Å². The minimum absolute atomic E-state index is 0.0433. The van der Waals surface area contributed by atoms with E-state index < -0.39 is 17.5 Å². The fourth-order valence-corrected chi connectivity index (χ4v) is 2.64. The Morgan fingerprint density at radius 1 is 1.20 bits per heavy atom. The van der Waals surface area contributed by atoms with E-state index in [-0.39, 0.29) is 23.4 Å². The number of carbonyl (C=O) groups is 1. The van der Waals surface area contributed by atoms with Gasteiger partial charge < -0.3 is 9.84 Å². The van der Waals surface area contributed by atoms with Crippen molar-refractivity contribution in [3.63, 3.8) is 0 Å². The van der Waals surface area contributed by atoms with Crippen molar-refractivity contribution < 1.29 is 18.1 Å². The molecular formula is C18H13ClF2N2O2. The zero-order valence-electron chi connectivity index (χ0n) is 13.1. The third-order valence-corrected chi connectivity index (χ3v) is 4.01. The molecule has 0 aliphatic heterocycles. The number of amides is 1. The van der Waals surface area contributed by atoms with Gasteiger partial charge in [-0.25, -0.2) is 8.78 Å². The fourth-order valence-electron chi connectivity index (χ4n) is 2.42. The lowest BCUT2D eigenvalue weighted by molar-refractivity contribution is 0.0950. The Hall–Kier alpha value is -2.73. The summed E-state index contributed by atoms with van der Waals surface area (Å²) in [4.78, 5) is 12.5.